The van der Waals surface area contributed by atoms with Crippen molar-refractivity contribution in [1.29, 1.82) is 0 Å². The van der Waals surface area contributed by atoms with Crippen LogP contribution in [-0.4, -0.2) is 24.3 Å². The van der Waals surface area contributed by atoms with Crippen molar-refractivity contribution in [2.75, 3.05) is 12.1 Å². The number of benzene rings is 2. The Labute approximate surface area is 161 Å². The molecule has 3 rings (SSSR count). The Morgan fingerprint density at radius 2 is 1.81 bits per heavy atom. The Balaban J connectivity index is 1.47. The molecule has 140 valence electrons. The van der Waals surface area contributed by atoms with E-state index in [1.807, 2.05) is 0 Å². The van der Waals surface area contributed by atoms with Gasteiger partial charge in [-0.05, 0) is 36.8 Å². The number of hydrogen-bond acceptors (Lipinski definition) is 5. The SMILES string of the molecule is C/C(CC(=O)Nc1ccc2c(c1)OCO2)=N\NC(=O)Cc1ccc(Cl)cc1. The summed E-state index contributed by atoms with van der Waals surface area (Å²) >= 11 is 5.81. The zero-order valence-electron chi connectivity index (χ0n) is 14.6. The van der Waals surface area contributed by atoms with Gasteiger partial charge in [-0.25, -0.2) is 5.43 Å². The van der Waals surface area contributed by atoms with Crippen LogP contribution in [0.2, 0.25) is 5.02 Å². The number of amides is 2. The predicted octanol–water partition coefficient (Wildman–Crippen LogP) is 3.13. The van der Waals surface area contributed by atoms with E-state index in [1.165, 1.54) is 0 Å². The van der Waals surface area contributed by atoms with Crippen molar-refractivity contribution in [3.05, 3.63) is 53.1 Å². The smallest absolute Gasteiger partial charge is 0.244 e. The van der Waals surface area contributed by atoms with Gasteiger partial charge in [0.15, 0.2) is 11.5 Å². The normalized spacial score (nSPS) is 12.6. The number of anilines is 1. The fourth-order valence-electron chi connectivity index (χ4n) is 2.44. The van der Waals surface area contributed by atoms with E-state index in [9.17, 15) is 9.59 Å². The van der Waals surface area contributed by atoms with E-state index >= 15 is 0 Å². The van der Waals surface area contributed by atoms with Gasteiger partial charge < -0.3 is 14.8 Å². The minimum absolute atomic E-state index is 0.0513. The topological polar surface area (TPSA) is 89.0 Å². The minimum atomic E-state index is -0.271. The van der Waals surface area contributed by atoms with Crippen LogP contribution in [0.5, 0.6) is 11.5 Å². The van der Waals surface area contributed by atoms with Crippen molar-refractivity contribution < 1.29 is 19.1 Å². The highest BCUT2D eigenvalue weighted by Gasteiger charge is 2.14. The van der Waals surface area contributed by atoms with Crippen LogP contribution in [0.4, 0.5) is 5.69 Å². The lowest BCUT2D eigenvalue weighted by Gasteiger charge is -2.06. The third-order valence-electron chi connectivity index (χ3n) is 3.72. The molecule has 2 N–H and O–H groups in total. The molecule has 0 atom stereocenters. The number of carbonyl (C=O) groups excluding carboxylic acids is 2. The first-order valence-corrected chi connectivity index (χ1v) is 8.63. The second-order valence-electron chi connectivity index (χ2n) is 5.98. The second-order valence-corrected chi connectivity index (χ2v) is 6.41. The fraction of sp³-hybridized carbons (Fsp3) is 0.211. The number of halogens is 1. The Kier molecular flexibility index (Phi) is 5.93. The Hall–Kier alpha value is -3.06. The summed E-state index contributed by atoms with van der Waals surface area (Å²) in [6, 6.07) is 12.1. The first-order chi connectivity index (χ1) is 13.0. The minimum Gasteiger partial charge on any atom is -0.454 e. The monoisotopic (exact) mass is 387 g/mol. The number of nitrogens with zero attached hydrogens (tertiary/aromatic N) is 1. The summed E-state index contributed by atoms with van der Waals surface area (Å²) in [6.45, 7) is 1.84. The van der Waals surface area contributed by atoms with Gasteiger partial charge in [0.05, 0.1) is 12.8 Å². The molecular formula is C19H18ClN3O4. The number of ether oxygens (including phenoxy) is 2. The molecule has 8 heteroatoms. The zero-order chi connectivity index (χ0) is 19.2. The highest BCUT2D eigenvalue weighted by Crippen LogP contribution is 2.34. The Morgan fingerprint density at radius 1 is 1.07 bits per heavy atom. The fourth-order valence-corrected chi connectivity index (χ4v) is 2.56. The molecule has 1 heterocycles. The maximum Gasteiger partial charge on any atom is 0.244 e. The summed E-state index contributed by atoms with van der Waals surface area (Å²) < 4.78 is 10.5. The van der Waals surface area contributed by atoms with Crippen molar-refractivity contribution in [3.63, 3.8) is 0 Å². The van der Waals surface area contributed by atoms with Gasteiger partial charge in [-0.2, -0.15) is 5.10 Å². The molecule has 2 aromatic carbocycles. The van der Waals surface area contributed by atoms with Crippen LogP contribution in [0.1, 0.15) is 18.9 Å². The van der Waals surface area contributed by atoms with Gasteiger partial charge in [-0.3, -0.25) is 9.59 Å². The van der Waals surface area contributed by atoms with Gasteiger partial charge in [0.2, 0.25) is 18.6 Å². The van der Waals surface area contributed by atoms with Crippen molar-refractivity contribution in [1.82, 2.24) is 5.43 Å². The van der Waals surface area contributed by atoms with Gasteiger partial charge in [0.1, 0.15) is 0 Å². The molecule has 0 saturated heterocycles. The number of fused-ring (bicyclic) bond motifs is 1. The van der Waals surface area contributed by atoms with Crippen molar-refractivity contribution in [2.24, 2.45) is 5.10 Å². The lowest BCUT2D eigenvalue weighted by Crippen LogP contribution is -2.22. The largest absolute Gasteiger partial charge is 0.454 e. The molecule has 0 aliphatic carbocycles. The van der Waals surface area contributed by atoms with E-state index in [0.29, 0.717) is 27.9 Å². The Bertz CT molecular complexity index is 881. The molecule has 0 fully saturated rings. The number of hydrazone groups is 1. The quantitative estimate of drug-likeness (QED) is 0.588. The van der Waals surface area contributed by atoms with Crippen molar-refractivity contribution in [3.8, 4) is 11.5 Å². The number of nitrogens with one attached hydrogen (secondary N) is 2. The molecule has 2 amide bonds. The highest BCUT2D eigenvalue weighted by molar-refractivity contribution is 6.30. The summed E-state index contributed by atoms with van der Waals surface area (Å²) in [5, 5.41) is 7.33. The molecule has 1 aliphatic rings. The molecule has 0 unspecified atom stereocenters. The summed E-state index contributed by atoms with van der Waals surface area (Å²) in [4.78, 5) is 24.0. The lowest BCUT2D eigenvalue weighted by atomic mass is 10.1. The average Bonchev–Trinajstić information content (AvgIpc) is 3.09. The molecule has 2 aromatic rings. The molecule has 27 heavy (non-hydrogen) atoms. The van der Waals surface area contributed by atoms with Gasteiger partial charge in [0, 0.05) is 22.5 Å². The summed E-state index contributed by atoms with van der Waals surface area (Å²) in [7, 11) is 0. The maximum absolute atomic E-state index is 12.1. The number of hydrogen-bond donors (Lipinski definition) is 2. The zero-order valence-corrected chi connectivity index (χ0v) is 15.4. The predicted molar refractivity (Wildman–Crippen MR) is 102 cm³/mol. The van der Waals surface area contributed by atoms with E-state index in [1.54, 1.807) is 49.4 Å². The van der Waals surface area contributed by atoms with Gasteiger partial charge in [-0.1, -0.05) is 23.7 Å². The number of carbonyl (C=O) groups is 2. The first-order valence-electron chi connectivity index (χ1n) is 8.25. The van der Waals surface area contributed by atoms with Crippen LogP contribution < -0.4 is 20.2 Å². The summed E-state index contributed by atoms with van der Waals surface area (Å²) in [6.07, 6.45) is 0.229. The van der Waals surface area contributed by atoms with Crippen LogP contribution in [0.15, 0.2) is 47.6 Å². The lowest BCUT2D eigenvalue weighted by molar-refractivity contribution is -0.120. The van der Waals surface area contributed by atoms with Crippen LogP contribution in [-0.2, 0) is 16.0 Å². The van der Waals surface area contributed by atoms with Crippen molar-refractivity contribution >= 4 is 34.8 Å². The van der Waals surface area contributed by atoms with E-state index < -0.39 is 0 Å². The third kappa shape index (κ3) is 5.46. The maximum atomic E-state index is 12.1. The summed E-state index contributed by atoms with van der Waals surface area (Å²) in [5.74, 6) is 0.719. The van der Waals surface area contributed by atoms with Gasteiger partial charge in [0.25, 0.3) is 0 Å². The molecule has 1 aliphatic heterocycles. The molecule has 0 spiro atoms. The standard InChI is InChI=1S/C19H18ClN3O4/c1-12(22-23-19(25)9-13-2-4-14(20)5-3-13)8-18(24)21-15-6-7-16-17(10-15)27-11-26-16/h2-7,10H,8-9,11H2,1H3,(H,21,24)(H,23,25)/b22-12+. The van der Waals surface area contributed by atoms with Crippen LogP contribution in [0, 0.1) is 0 Å². The molecule has 7 nitrogen and oxygen atoms in total. The van der Waals surface area contributed by atoms with Crippen molar-refractivity contribution in [2.45, 2.75) is 19.8 Å². The van der Waals surface area contributed by atoms with Crippen LogP contribution in [0.3, 0.4) is 0 Å². The van der Waals surface area contributed by atoms with Gasteiger partial charge >= 0.3 is 0 Å². The van der Waals surface area contributed by atoms with E-state index in [0.717, 1.165) is 5.56 Å². The third-order valence-corrected chi connectivity index (χ3v) is 3.97. The highest BCUT2D eigenvalue weighted by atomic mass is 35.5. The second kappa shape index (κ2) is 8.55. The van der Waals surface area contributed by atoms with Crippen LogP contribution >= 0.6 is 11.6 Å². The van der Waals surface area contributed by atoms with E-state index in [4.69, 9.17) is 21.1 Å². The van der Waals surface area contributed by atoms with E-state index in [-0.39, 0.29) is 31.4 Å². The summed E-state index contributed by atoms with van der Waals surface area (Å²) in [5.41, 5.74) is 4.36. The van der Waals surface area contributed by atoms with Gasteiger partial charge in [-0.15, -0.1) is 0 Å². The van der Waals surface area contributed by atoms with E-state index in [2.05, 4.69) is 15.8 Å². The molecule has 0 aromatic heterocycles. The molecule has 0 bridgehead atoms. The first kappa shape index (κ1) is 18.7. The average molecular weight is 388 g/mol. The Morgan fingerprint density at radius 3 is 2.59 bits per heavy atom. The van der Waals surface area contributed by atoms with Crippen LogP contribution in [0.25, 0.3) is 0 Å². The molecule has 0 radical (unpaired) electrons. The number of rotatable bonds is 6. The molecule has 0 saturated carbocycles. The molecular weight excluding hydrogens is 370 g/mol.